The lowest BCUT2D eigenvalue weighted by atomic mass is 9.67. The summed E-state index contributed by atoms with van der Waals surface area (Å²) in [7, 11) is 0. The summed E-state index contributed by atoms with van der Waals surface area (Å²) in [5.41, 5.74) is -0.963. The molecule has 1 aliphatic heterocycles. The number of carboxylic acid groups (broad SMARTS) is 1. The minimum atomic E-state index is -1.53. The minimum absolute atomic E-state index is 0.0884. The predicted molar refractivity (Wildman–Crippen MR) is 91.1 cm³/mol. The molecule has 2 N–H and O–H groups in total. The van der Waals surface area contributed by atoms with Gasteiger partial charge in [0.25, 0.3) is 0 Å². The fourth-order valence-corrected chi connectivity index (χ4v) is 3.20. The van der Waals surface area contributed by atoms with Gasteiger partial charge in [-0.05, 0) is 17.4 Å². The lowest BCUT2D eigenvalue weighted by Crippen LogP contribution is -2.69. The van der Waals surface area contributed by atoms with Crippen molar-refractivity contribution in [2.45, 2.75) is 45.5 Å². The number of halogens is 1. The number of piperidine rings is 1. The number of amides is 2. The number of benzene rings is 1. The van der Waals surface area contributed by atoms with Crippen molar-refractivity contribution < 1.29 is 23.8 Å². The van der Waals surface area contributed by atoms with E-state index in [-0.39, 0.29) is 26.1 Å². The average Bonchev–Trinajstić information content (AvgIpc) is 2.54. The summed E-state index contributed by atoms with van der Waals surface area (Å²) >= 11 is 0. The van der Waals surface area contributed by atoms with Gasteiger partial charge in [-0.25, -0.2) is 14.0 Å². The van der Waals surface area contributed by atoms with Crippen LogP contribution in [0.5, 0.6) is 0 Å². The average molecular weight is 352 g/mol. The Kier molecular flexibility index (Phi) is 5.55. The minimum Gasteiger partial charge on any atom is -0.465 e. The maximum Gasteiger partial charge on any atom is 0.408 e. The number of likely N-dealkylation sites (tertiary alicyclic amines) is 1. The molecule has 2 atom stereocenters. The normalized spacial score (nSPS) is 23.8. The molecule has 2 rings (SSSR count). The van der Waals surface area contributed by atoms with Crippen LogP contribution in [0, 0.1) is 5.41 Å². The first-order valence-electron chi connectivity index (χ1n) is 8.26. The molecular formula is C18H25FN2O4. The van der Waals surface area contributed by atoms with Gasteiger partial charge in [-0.3, -0.25) is 0 Å². The van der Waals surface area contributed by atoms with Gasteiger partial charge in [0.2, 0.25) is 0 Å². The zero-order chi connectivity index (χ0) is 18.7. The Balaban J connectivity index is 2.08. The molecule has 0 bridgehead atoms. The number of rotatable bonds is 3. The van der Waals surface area contributed by atoms with Gasteiger partial charge in [0.15, 0.2) is 0 Å². The molecule has 2 amide bonds. The zero-order valence-electron chi connectivity index (χ0n) is 14.8. The van der Waals surface area contributed by atoms with Crippen LogP contribution in [0.15, 0.2) is 30.3 Å². The first-order valence-corrected chi connectivity index (χ1v) is 8.26. The van der Waals surface area contributed by atoms with Crippen molar-refractivity contribution in [2.24, 2.45) is 5.41 Å². The van der Waals surface area contributed by atoms with Crippen molar-refractivity contribution in [2.75, 3.05) is 13.1 Å². The number of alkyl carbamates (subject to hydrolysis) is 1. The number of carbonyl (C=O) groups is 2. The van der Waals surface area contributed by atoms with Gasteiger partial charge >= 0.3 is 12.2 Å². The van der Waals surface area contributed by atoms with Crippen molar-refractivity contribution in [3.8, 4) is 0 Å². The van der Waals surface area contributed by atoms with Crippen LogP contribution in [-0.4, -0.2) is 47.0 Å². The van der Waals surface area contributed by atoms with Crippen LogP contribution in [0.4, 0.5) is 14.0 Å². The molecule has 0 radical (unpaired) electrons. The molecule has 0 spiro atoms. The lowest BCUT2D eigenvalue weighted by molar-refractivity contribution is -0.0205. The van der Waals surface area contributed by atoms with Crippen molar-refractivity contribution >= 4 is 12.2 Å². The zero-order valence-corrected chi connectivity index (χ0v) is 14.8. The molecule has 0 unspecified atom stereocenters. The fourth-order valence-electron chi connectivity index (χ4n) is 3.20. The van der Waals surface area contributed by atoms with Gasteiger partial charge in [0, 0.05) is 6.54 Å². The highest BCUT2D eigenvalue weighted by atomic mass is 19.1. The Morgan fingerprint density at radius 3 is 2.52 bits per heavy atom. The summed E-state index contributed by atoms with van der Waals surface area (Å²) in [6.45, 7) is 5.46. The molecule has 1 aromatic carbocycles. The van der Waals surface area contributed by atoms with Crippen LogP contribution >= 0.6 is 0 Å². The van der Waals surface area contributed by atoms with E-state index in [0.717, 1.165) is 10.5 Å². The molecule has 1 fully saturated rings. The van der Waals surface area contributed by atoms with Crippen LogP contribution in [-0.2, 0) is 11.3 Å². The highest BCUT2D eigenvalue weighted by Crippen LogP contribution is 2.40. The number of nitrogens with one attached hydrogen (secondary N) is 1. The molecule has 0 saturated carbocycles. The Labute approximate surface area is 147 Å². The predicted octanol–water partition coefficient (Wildman–Crippen LogP) is 3.42. The smallest absolute Gasteiger partial charge is 0.408 e. The van der Waals surface area contributed by atoms with E-state index >= 15 is 0 Å². The van der Waals surface area contributed by atoms with Gasteiger partial charge in [-0.2, -0.15) is 0 Å². The van der Waals surface area contributed by atoms with E-state index in [9.17, 15) is 14.0 Å². The summed E-state index contributed by atoms with van der Waals surface area (Å²) in [6.07, 6.45) is -3.20. The van der Waals surface area contributed by atoms with Crippen LogP contribution in [0.3, 0.4) is 0 Å². The Morgan fingerprint density at radius 2 is 2.00 bits per heavy atom. The second kappa shape index (κ2) is 7.29. The molecule has 138 valence electrons. The molecule has 1 heterocycles. The van der Waals surface area contributed by atoms with E-state index in [0.29, 0.717) is 0 Å². The van der Waals surface area contributed by atoms with Gasteiger partial charge in [-0.1, -0.05) is 51.1 Å². The third kappa shape index (κ3) is 4.21. The molecular weight excluding hydrogens is 327 g/mol. The van der Waals surface area contributed by atoms with Gasteiger partial charge < -0.3 is 20.1 Å². The number of hydrogen-bond donors (Lipinski definition) is 2. The van der Waals surface area contributed by atoms with E-state index in [1.165, 1.54) is 0 Å². The summed E-state index contributed by atoms with van der Waals surface area (Å²) in [5, 5.41) is 11.8. The molecule has 0 aliphatic carbocycles. The quantitative estimate of drug-likeness (QED) is 0.874. The molecule has 0 aromatic heterocycles. The highest BCUT2D eigenvalue weighted by Gasteiger charge is 2.53. The number of carbonyl (C=O) groups excluding carboxylic acids is 1. The molecule has 1 saturated heterocycles. The number of hydrogen-bond acceptors (Lipinski definition) is 3. The van der Waals surface area contributed by atoms with Crippen LogP contribution < -0.4 is 5.32 Å². The summed E-state index contributed by atoms with van der Waals surface area (Å²) in [4.78, 5) is 24.4. The molecule has 1 aromatic rings. The third-order valence-corrected chi connectivity index (χ3v) is 4.84. The van der Waals surface area contributed by atoms with Crippen molar-refractivity contribution in [3.63, 3.8) is 0 Å². The van der Waals surface area contributed by atoms with E-state index in [2.05, 4.69) is 5.32 Å². The summed E-state index contributed by atoms with van der Waals surface area (Å²) in [5.74, 6) is 0. The third-order valence-electron chi connectivity index (χ3n) is 4.84. The summed E-state index contributed by atoms with van der Waals surface area (Å²) < 4.78 is 20.2. The maximum atomic E-state index is 15.0. The molecule has 25 heavy (non-hydrogen) atoms. The standard InChI is InChI=1S/C18H25FN2O4/c1-17(2,3)18(9-10-21(16(23)24)11-14(18)19)20-15(22)25-12-13-7-5-4-6-8-13/h4-8,14H,9-12H2,1-3H3,(H,20,22)(H,23,24)/t14-,18+/m0/s1. The SMILES string of the molecule is CC(C)(C)[C@@]1(NC(=O)OCc2ccccc2)CCN(C(=O)O)C[C@@H]1F. The van der Waals surface area contributed by atoms with Gasteiger partial charge in [0.05, 0.1) is 12.1 Å². The molecule has 7 heteroatoms. The van der Waals surface area contributed by atoms with Gasteiger partial charge in [0.1, 0.15) is 12.8 Å². The lowest BCUT2D eigenvalue weighted by Gasteiger charge is -2.51. The monoisotopic (exact) mass is 352 g/mol. The number of ether oxygens (including phenoxy) is 1. The largest absolute Gasteiger partial charge is 0.465 e. The number of alkyl halides is 1. The van der Waals surface area contributed by atoms with Gasteiger partial charge in [-0.15, -0.1) is 0 Å². The first kappa shape index (κ1) is 19.0. The topological polar surface area (TPSA) is 78.9 Å². The van der Waals surface area contributed by atoms with Crippen LogP contribution in [0.25, 0.3) is 0 Å². The molecule has 1 aliphatic rings. The van der Waals surface area contributed by atoms with E-state index in [1.54, 1.807) is 0 Å². The van der Waals surface area contributed by atoms with Crippen molar-refractivity contribution in [3.05, 3.63) is 35.9 Å². The van der Waals surface area contributed by atoms with E-state index in [1.807, 2.05) is 51.1 Å². The van der Waals surface area contributed by atoms with E-state index in [4.69, 9.17) is 9.84 Å². The van der Waals surface area contributed by atoms with Crippen molar-refractivity contribution in [1.29, 1.82) is 0 Å². The van der Waals surface area contributed by atoms with E-state index < -0.39 is 29.3 Å². The Morgan fingerprint density at radius 1 is 1.36 bits per heavy atom. The second-order valence-corrected chi connectivity index (χ2v) is 7.35. The highest BCUT2D eigenvalue weighted by molar-refractivity contribution is 5.69. The fraction of sp³-hybridized carbons (Fsp3) is 0.556. The first-order chi connectivity index (χ1) is 11.7. The Hall–Kier alpha value is -2.31. The maximum absolute atomic E-state index is 15.0. The Bertz CT molecular complexity index is 617. The van der Waals surface area contributed by atoms with Crippen LogP contribution in [0.1, 0.15) is 32.8 Å². The van der Waals surface area contributed by atoms with Crippen molar-refractivity contribution in [1.82, 2.24) is 10.2 Å². The number of nitrogens with zero attached hydrogens (tertiary/aromatic N) is 1. The summed E-state index contributed by atoms with van der Waals surface area (Å²) in [6, 6.07) is 9.20. The van der Waals surface area contributed by atoms with Crippen LogP contribution in [0.2, 0.25) is 0 Å². The molecule has 6 nitrogen and oxygen atoms in total. The second-order valence-electron chi connectivity index (χ2n) is 7.35.